The number of hydrogen-bond donors (Lipinski definition) is 2. The highest BCUT2D eigenvalue weighted by atomic mass is 16.5. The van der Waals surface area contributed by atoms with Crippen LogP contribution < -0.4 is 5.73 Å². The second-order valence-electron chi connectivity index (χ2n) is 9.33. The van der Waals surface area contributed by atoms with Crippen molar-refractivity contribution in [2.45, 2.75) is 38.3 Å². The molecule has 1 aromatic heterocycles. The van der Waals surface area contributed by atoms with Crippen molar-refractivity contribution in [2.75, 3.05) is 26.2 Å². The Hall–Kier alpha value is -3.65. The smallest absolute Gasteiger partial charge is 0.355 e. The molecular weight excluding hydrogens is 444 g/mol. The van der Waals surface area contributed by atoms with E-state index < -0.39 is 11.9 Å². The number of ether oxygens (including phenoxy) is 1. The second-order valence-corrected chi connectivity index (χ2v) is 9.33. The maximum atomic E-state index is 13.2. The van der Waals surface area contributed by atoms with Gasteiger partial charge in [0.2, 0.25) is 0 Å². The summed E-state index contributed by atoms with van der Waals surface area (Å²) in [6, 6.07) is 15.0. The zero-order valence-electron chi connectivity index (χ0n) is 19.7. The number of primary amides is 1. The predicted molar refractivity (Wildman–Crippen MR) is 132 cm³/mol. The molecule has 0 spiro atoms. The fourth-order valence-corrected chi connectivity index (χ4v) is 5.27. The summed E-state index contributed by atoms with van der Waals surface area (Å²) < 4.78 is 5.40. The third kappa shape index (κ3) is 4.79. The maximum Gasteiger partial charge on any atom is 0.355 e. The van der Waals surface area contributed by atoms with E-state index in [0.29, 0.717) is 35.6 Å². The second kappa shape index (κ2) is 9.92. The van der Waals surface area contributed by atoms with Gasteiger partial charge in [-0.1, -0.05) is 43.2 Å². The molecule has 1 saturated carbocycles. The number of nitrogens with one attached hydrogen (secondary N) is 1. The van der Waals surface area contributed by atoms with Gasteiger partial charge in [-0.2, -0.15) is 0 Å². The highest BCUT2D eigenvalue weighted by molar-refractivity contribution is 6.15. The van der Waals surface area contributed by atoms with Crippen LogP contribution in [0.2, 0.25) is 0 Å². The summed E-state index contributed by atoms with van der Waals surface area (Å²) in [5, 5.41) is 0.444. The third-order valence-corrected chi connectivity index (χ3v) is 7.15. The number of carbonyl (C=O) groups is 3. The topological polar surface area (TPSA) is 109 Å². The molecule has 3 N–H and O–H groups in total. The summed E-state index contributed by atoms with van der Waals surface area (Å²) in [5.74, 6) is -1.50. The molecule has 5 rings (SSSR count). The number of rotatable bonds is 6. The summed E-state index contributed by atoms with van der Waals surface area (Å²) in [7, 11) is 0. The molecule has 2 aliphatic rings. The van der Waals surface area contributed by atoms with Gasteiger partial charge in [-0.3, -0.25) is 14.5 Å². The van der Waals surface area contributed by atoms with Crippen LogP contribution in [0.1, 0.15) is 62.5 Å². The van der Waals surface area contributed by atoms with E-state index in [4.69, 9.17) is 10.5 Å². The van der Waals surface area contributed by atoms with Crippen molar-refractivity contribution in [2.24, 2.45) is 5.73 Å². The molecule has 2 aromatic carbocycles. The molecule has 2 fully saturated rings. The molecule has 182 valence electrons. The van der Waals surface area contributed by atoms with Crippen LogP contribution in [0.5, 0.6) is 0 Å². The van der Waals surface area contributed by atoms with Gasteiger partial charge in [0, 0.05) is 48.7 Å². The maximum absolute atomic E-state index is 13.2. The van der Waals surface area contributed by atoms with E-state index >= 15 is 0 Å². The monoisotopic (exact) mass is 474 g/mol. The number of esters is 1. The summed E-state index contributed by atoms with van der Waals surface area (Å²) in [4.78, 5) is 45.7. The van der Waals surface area contributed by atoms with Crippen molar-refractivity contribution < 1.29 is 19.1 Å². The fourth-order valence-electron chi connectivity index (χ4n) is 5.27. The Balaban J connectivity index is 1.33. The standard InChI is InChI=1S/C27H30N4O4/c28-25(32)23-21-16-19(26(33)31-14-12-30(13-15-31)20-8-4-5-9-20)10-11-22(21)29-24(23)27(34)35-17-18-6-2-1-3-7-18/h1-3,6-7,10-11,16,20,29H,4-5,8-9,12-15,17H2,(H2,28,32). The van der Waals surface area contributed by atoms with Crippen LogP contribution in [-0.4, -0.2) is 64.8 Å². The molecule has 1 saturated heterocycles. The van der Waals surface area contributed by atoms with Crippen molar-refractivity contribution in [3.05, 3.63) is 70.9 Å². The number of piperazine rings is 1. The largest absolute Gasteiger partial charge is 0.456 e. The first-order valence-electron chi connectivity index (χ1n) is 12.2. The molecule has 2 amide bonds. The number of carbonyl (C=O) groups excluding carboxylic acids is 3. The lowest BCUT2D eigenvalue weighted by molar-refractivity contribution is 0.0463. The first-order valence-corrected chi connectivity index (χ1v) is 12.2. The van der Waals surface area contributed by atoms with Crippen molar-refractivity contribution in [3.63, 3.8) is 0 Å². The number of nitrogens with zero attached hydrogens (tertiary/aromatic N) is 2. The van der Waals surface area contributed by atoms with E-state index in [1.54, 1.807) is 18.2 Å². The highest BCUT2D eigenvalue weighted by Crippen LogP contribution is 2.27. The van der Waals surface area contributed by atoms with Gasteiger partial charge in [-0.05, 0) is 36.6 Å². The Morgan fingerprint density at radius 2 is 1.69 bits per heavy atom. The summed E-state index contributed by atoms with van der Waals surface area (Å²) in [6.07, 6.45) is 5.10. The molecule has 0 bridgehead atoms. The van der Waals surface area contributed by atoms with Crippen molar-refractivity contribution in [1.82, 2.24) is 14.8 Å². The van der Waals surface area contributed by atoms with Gasteiger partial charge in [-0.25, -0.2) is 4.79 Å². The summed E-state index contributed by atoms with van der Waals surface area (Å²) in [6.45, 7) is 3.20. The number of benzene rings is 2. The van der Waals surface area contributed by atoms with Crippen LogP contribution in [0.3, 0.4) is 0 Å². The Bertz CT molecular complexity index is 1240. The number of H-pyrrole nitrogens is 1. The van der Waals surface area contributed by atoms with Gasteiger partial charge in [0.05, 0.1) is 5.56 Å². The van der Waals surface area contributed by atoms with Gasteiger partial charge < -0.3 is 20.4 Å². The quantitative estimate of drug-likeness (QED) is 0.533. The Morgan fingerprint density at radius 3 is 2.37 bits per heavy atom. The molecule has 35 heavy (non-hydrogen) atoms. The molecule has 3 aromatic rings. The van der Waals surface area contributed by atoms with Gasteiger partial charge in [0.1, 0.15) is 12.3 Å². The molecule has 1 aliphatic heterocycles. The predicted octanol–water partition coefficient (Wildman–Crippen LogP) is 3.32. The zero-order chi connectivity index (χ0) is 24.4. The van der Waals surface area contributed by atoms with Gasteiger partial charge in [0.15, 0.2) is 0 Å². The lowest BCUT2D eigenvalue weighted by Gasteiger charge is -2.38. The number of hydrogen-bond acceptors (Lipinski definition) is 5. The SMILES string of the molecule is NC(=O)c1c(C(=O)OCc2ccccc2)[nH]c2ccc(C(=O)N3CCN(C4CCCC4)CC3)cc12. The Kier molecular flexibility index (Phi) is 6.55. The van der Waals surface area contributed by atoms with Crippen LogP contribution in [0.25, 0.3) is 10.9 Å². The first kappa shape index (κ1) is 23.1. The van der Waals surface area contributed by atoms with Gasteiger partial charge in [0.25, 0.3) is 11.8 Å². The molecule has 1 aliphatic carbocycles. The van der Waals surface area contributed by atoms with E-state index in [9.17, 15) is 14.4 Å². The number of nitrogens with two attached hydrogens (primary N) is 1. The summed E-state index contributed by atoms with van der Waals surface area (Å²) >= 11 is 0. The van der Waals surface area contributed by atoms with Crippen LogP contribution in [0.15, 0.2) is 48.5 Å². The van der Waals surface area contributed by atoms with Crippen molar-refractivity contribution in [3.8, 4) is 0 Å². The Morgan fingerprint density at radius 1 is 0.971 bits per heavy atom. The molecule has 8 nitrogen and oxygen atoms in total. The number of fused-ring (bicyclic) bond motifs is 1. The zero-order valence-corrected chi connectivity index (χ0v) is 19.7. The minimum atomic E-state index is -0.752. The van der Waals surface area contributed by atoms with E-state index in [1.807, 2.05) is 35.2 Å². The lowest BCUT2D eigenvalue weighted by Crippen LogP contribution is -2.51. The van der Waals surface area contributed by atoms with Gasteiger partial charge in [-0.15, -0.1) is 0 Å². The summed E-state index contributed by atoms with van der Waals surface area (Å²) in [5.41, 5.74) is 7.54. The Labute approximate surface area is 204 Å². The van der Waals surface area contributed by atoms with E-state index in [0.717, 1.165) is 18.7 Å². The average molecular weight is 475 g/mol. The van der Waals surface area contributed by atoms with Crippen molar-refractivity contribution >= 4 is 28.7 Å². The van der Waals surface area contributed by atoms with Crippen molar-refractivity contribution in [1.29, 1.82) is 0 Å². The minimum Gasteiger partial charge on any atom is -0.456 e. The first-order chi connectivity index (χ1) is 17.0. The average Bonchev–Trinajstić information content (AvgIpc) is 3.55. The molecule has 2 heterocycles. The van der Waals surface area contributed by atoms with E-state index in [2.05, 4.69) is 9.88 Å². The molecule has 0 atom stereocenters. The number of amides is 2. The molecule has 0 unspecified atom stereocenters. The van der Waals surface area contributed by atoms with Crippen LogP contribution in [0.4, 0.5) is 0 Å². The van der Waals surface area contributed by atoms with Crippen LogP contribution >= 0.6 is 0 Å². The van der Waals surface area contributed by atoms with Crippen LogP contribution in [0, 0.1) is 0 Å². The third-order valence-electron chi connectivity index (χ3n) is 7.15. The van der Waals surface area contributed by atoms with Gasteiger partial charge >= 0.3 is 5.97 Å². The fraction of sp³-hybridized carbons (Fsp3) is 0.370. The van der Waals surface area contributed by atoms with Crippen LogP contribution in [-0.2, 0) is 11.3 Å². The molecule has 0 radical (unpaired) electrons. The minimum absolute atomic E-state index is 0.00166. The van der Waals surface area contributed by atoms with E-state index in [-0.39, 0.29) is 23.8 Å². The lowest BCUT2D eigenvalue weighted by atomic mass is 10.1. The number of aromatic amines is 1. The van der Waals surface area contributed by atoms with E-state index in [1.165, 1.54) is 25.7 Å². The molecular formula is C27H30N4O4. The number of aromatic nitrogens is 1. The molecule has 8 heteroatoms. The normalized spacial score (nSPS) is 17.1. The highest BCUT2D eigenvalue weighted by Gasteiger charge is 2.29.